The van der Waals surface area contributed by atoms with Crippen LogP contribution in [0.25, 0.3) is 11.3 Å². The van der Waals surface area contributed by atoms with Gasteiger partial charge in [-0.3, -0.25) is 4.79 Å². The highest BCUT2D eigenvalue weighted by molar-refractivity contribution is 7.14. The third-order valence-electron chi connectivity index (χ3n) is 3.81. The van der Waals surface area contributed by atoms with E-state index < -0.39 is 6.23 Å². The number of ether oxygens (including phenoxy) is 1. The van der Waals surface area contributed by atoms with E-state index in [0.29, 0.717) is 13.2 Å². The molecule has 1 aliphatic heterocycles. The van der Waals surface area contributed by atoms with Crippen LogP contribution in [0.15, 0.2) is 29.6 Å². The number of aldehydes is 1. The Hall–Kier alpha value is -1.76. The van der Waals surface area contributed by atoms with Crippen LogP contribution in [0.1, 0.15) is 19.4 Å². The molecule has 22 heavy (non-hydrogen) atoms. The van der Waals surface area contributed by atoms with Gasteiger partial charge in [-0.15, -0.1) is 11.3 Å². The molecule has 1 saturated heterocycles. The van der Waals surface area contributed by atoms with Gasteiger partial charge in [0.25, 0.3) is 0 Å². The summed E-state index contributed by atoms with van der Waals surface area (Å²) in [4.78, 5) is 17.9. The monoisotopic (exact) mass is 317 g/mol. The molecule has 0 aliphatic carbocycles. The van der Waals surface area contributed by atoms with Gasteiger partial charge in [0.2, 0.25) is 0 Å². The molecule has 0 spiro atoms. The first kappa shape index (κ1) is 15.1. The topological polar surface area (TPSA) is 68.5 Å². The maximum Gasteiger partial charge on any atom is 0.189 e. The fourth-order valence-electron chi connectivity index (χ4n) is 2.56. The van der Waals surface area contributed by atoms with Gasteiger partial charge in [-0.2, -0.15) is 0 Å². The smallest absolute Gasteiger partial charge is 0.189 e. The Labute approximate surface area is 133 Å². The highest BCUT2D eigenvalue weighted by Gasteiger charge is 2.42. The number of carbonyl (C=O) groups is 1. The van der Waals surface area contributed by atoms with Crippen LogP contribution in [0.5, 0.6) is 0 Å². The second-order valence-electron chi connectivity index (χ2n) is 5.94. The molecule has 2 heterocycles. The summed E-state index contributed by atoms with van der Waals surface area (Å²) in [6, 6.07) is 8.05. The number of thiazole rings is 1. The van der Waals surface area contributed by atoms with Gasteiger partial charge < -0.3 is 15.4 Å². The molecule has 1 atom stereocenters. The van der Waals surface area contributed by atoms with Crippen molar-refractivity contribution in [3.05, 3.63) is 35.2 Å². The third kappa shape index (κ3) is 2.65. The van der Waals surface area contributed by atoms with Crippen LogP contribution in [0.2, 0.25) is 0 Å². The largest absolute Gasteiger partial charge is 0.349 e. The molecule has 3 rings (SSSR count). The molecule has 1 aromatic carbocycles. The molecule has 1 fully saturated rings. The van der Waals surface area contributed by atoms with Crippen molar-refractivity contribution in [2.75, 3.05) is 11.5 Å². The van der Waals surface area contributed by atoms with E-state index in [1.165, 1.54) is 11.3 Å². The molecule has 116 valence electrons. The lowest BCUT2D eigenvalue weighted by Crippen LogP contribution is -2.45. The second-order valence-corrected chi connectivity index (χ2v) is 6.77. The summed E-state index contributed by atoms with van der Waals surface area (Å²) in [6.45, 7) is 5.14. The molecular weight excluding hydrogens is 298 g/mol. The SMILES string of the molecule is CC1(C)COC(C=O)N1c1nc(-c2ccc(CN)cc2)cs1. The maximum atomic E-state index is 11.2. The van der Waals surface area contributed by atoms with Crippen molar-refractivity contribution < 1.29 is 9.53 Å². The van der Waals surface area contributed by atoms with E-state index in [9.17, 15) is 4.79 Å². The van der Waals surface area contributed by atoms with Gasteiger partial charge in [-0.1, -0.05) is 24.3 Å². The third-order valence-corrected chi connectivity index (χ3v) is 4.65. The maximum absolute atomic E-state index is 11.2. The van der Waals surface area contributed by atoms with E-state index in [4.69, 9.17) is 10.5 Å². The van der Waals surface area contributed by atoms with Crippen molar-refractivity contribution in [1.29, 1.82) is 0 Å². The van der Waals surface area contributed by atoms with Crippen molar-refractivity contribution in [3.8, 4) is 11.3 Å². The minimum Gasteiger partial charge on any atom is -0.349 e. The summed E-state index contributed by atoms with van der Waals surface area (Å²) >= 11 is 1.52. The summed E-state index contributed by atoms with van der Waals surface area (Å²) in [6.07, 6.45) is 0.264. The molecule has 2 aromatic rings. The first-order chi connectivity index (χ1) is 10.5. The first-order valence-corrected chi connectivity index (χ1v) is 8.04. The second kappa shape index (κ2) is 5.79. The Morgan fingerprint density at radius 2 is 2.18 bits per heavy atom. The predicted octanol–water partition coefficient (Wildman–Crippen LogP) is 2.41. The number of nitrogens with two attached hydrogens (primary N) is 1. The highest BCUT2D eigenvalue weighted by Crippen LogP contribution is 2.36. The van der Waals surface area contributed by atoms with E-state index >= 15 is 0 Å². The van der Waals surface area contributed by atoms with E-state index in [1.807, 2.05) is 48.4 Å². The molecule has 1 unspecified atom stereocenters. The lowest BCUT2D eigenvalue weighted by Gasteiger charge is -2.30. The molecule has 0 radical (unpaired) electrons. The number of hydrogen-bond donors (Lipinski definition) is 1. The molecule has 0 amide bonds. The molecule has 1 aliphatic rings. The molecular formula is C16H19N3O2S. The Bertz CT molecular complexity index is 666. The first-order valence-electron chi connectivity index (χ1n) is 7.16. The Kier molecular flexibility index (Phi) is 3.99. The van der Waals surface area contributed by atoms with Crippen LogP contribution >= 0.6 is 11.3 Å². The number of aromatic nitrogens is 1. The quantitative estimate of drug-likeness (QED) is 0.877. The van der Waals surface area contributed by atoms with Crippen molar-refractivity contribution in [1.82, 2.24) is 4.98 Å². The fourth-order valence-corrected chi connectivity index (χ4v) is 3.59. The number of hydrogen-bond acceptors (Lipinski definition) is 6. The zero-order valence-corrected chi connectivity index (χ0v) is 13.5. The number of rotatable bonds is 4. The van der Waals surface area contributed by atoms with Gasteiger partial charge in [0.15, 0.2) is 17.6 Å². The predicted molar refractivity (Wildman–Crippen MR) is 87.8 cm³/mol. The molecule has 0 bridgehead atoms. The summed E-state index contributed by atoms with van der Waals surface area (Å²) in [5, 5.41) is 2.81. The van der Waals surface area contributed by atoms with Gasteiger partial charge >= 0.3 is 0 Å². The zero-order valence-electron chi connectivity index (χ0n) is 12.7. The van der Waals surface area contributed by atoms with Crippen LogP contribution in [-0.2, 0) is 16.1 Å². The Morgan fingerprint density at radius 1 is 1.45 bits per heavy atom. The van der Waals surface area contributed by atoms with Crippen LogP contribution in [0.3, 0.4) is 0 Å². The number of benzene rings is 1. The van der Waals surface area contributed by atoms with Gasteiger partial charge in [0.1, 0.15) is 0 Å². The summed E-state index contributed by atoms with van der Waals surface area (Å²) < 4.78 is 5.54. The van der Waals surface area contributed by atoms with Crippen molar-refractivity contribution in [2.24, 2.45) is 5.73 Å². The van der Waals surface area contributed by atoms with Crippen LogP contribution in [0, 0.1) is 0 Å². The lowest BCUT2D eigenvalue weighted by atomic mass is 10.1. The normalized spacial score (nSPS) is 20.3. The van der Waals surface area contributed by atoms with Crippen molar-refractivity contribution in [2.45, 2.75) is 32.2 Å². The fraction of sp³-hybridized carbons (Fsp3) is 0.375. The lowest BCUT2D eigenvalue weighted by molar-refractivity contribution is -0.115. The highest BCUT2D eigenvalue weighted by atomic mass is 32.1. The van der Waals surface area contributed by atoms with E-state index in [2.05, 4.69) is 4.98 Å². The van der Waals surface area contributed by atoms with Crippen molar-refractivity contribution in [3.63, 3.8) is 0 Å². The van der Waals surface area contributed by atoms with Crippen LogP contribution in [-0.4, -0.2) is 29.6 Å². The van der Waals surface area contributed by atoms with Gasteiger partial charge in [-0.25, -0.2) is 4.98 Å². The van der Waals surface area contributed by atoms with Gasteiger partial charge in [0, 0.05) is 17.5 Å². The van der Waals surface area contributed by atoms with Crippen LogP contribution < -0.4 is 10.6 Å². The number of anilines is 1. The zero-order chi connectivity index (χ0) is 15.7. The van der Waals surface area contributed by atoms with Crippen LogP contribution in [0.4, 0.5) is 5.13 Å². The molecule has 5 nitrogen and oxygen atoms in total. The summed E-state index contributed by atoms with van der Waals surface area (Å²) in [5.74, 6) is 0. The minimum atomic E-state index is -0.561. The summed E-state index contributed by atoms with van der Waals surface area (Å²) in [5.41, 5.74) is 8.41. The van der Waals surface area contributed by atoms with Gasteiger partial charge in [0.05, 0.1) is 17.8 Å². The molecule has 1 aromatic heterocycles. The number of carbonyl (C=O) groups excluding carboxylic acids is 1. The summed E-state index contributed by atoms with van der Waals surface area (Å²) in [7, 11) is 0. The minimum absolute atomic E-state index is 0.246. The number of nitrogens with zero attached hydrogens (tertiary/aromatic N) is 2. The van der Waals surface area contributed by atoms with E-state index in [1.54, 1.807) is 0 Å². The average molecular weight is 317 g/mol. The molecule has 0 saturated carbocycles. The molecule has 6 heteroatoms. The Balaban J connectivity index is 1.90. The average Bonchev–Trinajstić information content (AvgIpc) is 3.11. The van der Waals surface area contributed by atoms with E-state index in [0.717, 1.165) is 28.2 Å². The van der Waals surface area contributed by atoms with E-state index in [-0.39, 0.29) is 5.54 Å². The van der Waals surface area contributed by atoms with Gasteiger partial charge in [-0.05, 0) is 19.4 Å². The van der Waals surface area contributed by atoms with Crippen molar-refractivity contribution >= 4 is 22.8 Å². The Morgan fingerprint density at radius 3 is 2.82 bits per heavy atom. The molecule has 2 N–H and O–H groups in total. The standard InChI is InChI=1S/C16H19N3O2S/c1-16(2)10-21-14(8-20)19(16)15-18-13(9-22-15)12-5-3-11(7-17)4-6-12/h3-6,8-9,14H,7,10,17H2,1-2H3.